The number of hydrogen-bond acceptors (Lipinski definition) is 2. The topological polar surface area (TPSA) is 38.9 Å². The zero-order valence-electron chi connectivity index (χ0n) is 8.99. The summed E-state index contributed by atoms with van der Waals surface area (Å²) in [5, 5.41) is 0. The summed E-state index contributed by atoms with van der Waals surface area (Å²) in [4.78, 5) is 4.38. The lowest BCUT2D eigenvalue weighted by Gasteiger charge is -2.08. The molecule has 2 aromatic rings. The lowest BCUT2D eigenvalue weighted by atomic mass is 10.0. The van der Waals surface area contributed by atoms with Crippen LogP contribution in [0, 0.1) is 13.8 Å². The van der Waals surface area contributed by atoms with Gasteiger partial charge in [0.2, 0.25) is 0 Å². The van der Waals surface area contributed by atoms with Gasteiger partial charge >= 0.3 is 0 Å². The van der Waals surface area contributed by atoms with Gasteiger partial charge in [-0.25, -0.2) is 0 Å². The molecule has 2 nitrogen and oxygen atoms in total. The molecule has 0 aliphatic rings. The van der Waals surface area contributed by atoms with Crippen LogP contribution in [-0.4, -0.2) is 4.98 Å². The highest BCUT2D eigenvalue weighted by Gasteiger charge is 2.05. The smallest absolute Gasteiger partial charge is 0.0735 e. The predicted molar refractivity (Wildman–Crippen MR) is 63.6 cm³/mol. The third kappa shape index (κ3) is 1.84. The minimum Gasteiger partial charge on any atom is -0.397 e. The summed E-state index contributed by atoms with van der Waals surface area (Å²) in [6.45, 7) is 4.12. The molecule has 0 bridgehead atoms. The fourth-order valence-corrected chi connectivity index (χ4v) is 1.72. The number of nitrogens with two attached hydrogens (primary N) is 1. The minimum atomic E-state index is 0.713. The lowest BCUT2D eigenvalue weighted by molar-refractivity contribution is 1.26. The molecule has 2 N–H and O–H groups in total. The Morgan fingerprint density at radius 2 is 1.80 bits per heavy atom. The molecule has 1 aromatic carbocycles. The Labute approximate surface area is 89.8 Å². The normalized spacial score (nSPS) is 10.3. The fourth-order valence-electron chi connectivity index (χ4n) is 1.72. The molecule has 0 aliphatic heterocycles. The van der Waals surface area contributed by atoms with Crippen molar-refractivity contribution in [1.82, 2.24) is 4.98 Å². The molecule has 2 rings (SSSR count). The van der Waals surface area contributed by atoms with E-state index in [0.717, 1.165) is 11.3 Å². The van der Waals surface area contributed by atoms with Crippen LogP contribution in [0.2, 0.25) is 0 Å². The van der Waals surface area contributed by atoms with Gasteiger partial charge in [0, 0.05) is 5.56 Å². The van der Waals surface area contributed by atoms with Gasteiger partial charge in [-0.2, -0.15) is 0 Å². The van der Waals surface area contributed by atoms with Crippen molar-refractivity contribution >= 4 is 5.69 Å². The van der Waals surface area contributed by atoms with Crippen molar-refractivity contribution in [2.45, 2.75) is 13.8 Å². The molecule has 0 saturated carbocycles. The van der Waals surface area contributed by atoms with Crippen molar-refractivity contribution in [2.24, 2.45) is 0 Å². The van der Waals surface area contributed by atoms with Crippen LogP contribution in [0.5, 0.6) is 0 Å². The third-order valence-electron chi connectivity index (χ3n) is 2.50. The number of aryl methyl sites for hydroxylation is 2. The number of pyridine rings is 1. The Hall–Kier alpha value is -1.83. The fraction of sp³-hybridized carbons (Fsp3) is 0.154. The second-order valence-electron chi connectivity index (χ2n) is 3.75. The minimum absolute atomic E-state index is 0.713. The van der Waals surface area contributed by atoms with E-state index in [-0.39, 0.29) is 0 Å². The van der Waals surface area contributed by atoms with E-state index in [1.165, 1.54) is 11.1 Å². The standard InChI is InChI=1S/C13H14N2/c1-9-5-3-4-6-12(9)13-10(2)7-11(14)8-15-13/h3-8H,14H2,1-2H3. The Balaban J connectivity index is 2.60. The second kappa shape index (κ2) is 3.73. The van der Waals surface area contributed by atoms with Gasteiger partial charge < -0.3 is 5.73 Å². The molecule has 1 aromatic heterocycles. The molecule has 0 aliphatic carbocycles. The lowest BCUT2D eigenvalue weighted by Crippen LogP contribution is -1.93. The summed E-state index contributed by atoms with van der Waals surface area (Å²) in [5.74, 6) is 0. The average molecular weight is 198 g/mol. The number of anilines is 1. The number of nitrogen functional groups attached to an aromatic ring is 1. The zero-order valence-corrected chi connectivity index (χ0v) is 8.99. The van der Waals surface area contributed by atoms with E-state index >= 15 is 0 Å². The molecule has 76 valence electrons. The van der Waals surface area contributed by atoms with Crippen molar-refractivity contribution in [3.63, 3.8) is 0 Å². The SMILES string of the molecule is Cc1ccccc1-c1ncc(N)cc1C. The summed E-state index contributed by atoms with van der Waals surface area (Å²) in [6.07, 6.45) is 1.70. The van der Waals surface area contributed by atoms with Crippen LogP contribution >= 0.6 is 0 Å². The van der Waals surface area contributed by atoms with Crippen molar-refractivity contribution < 1.29 is 0 Å². The van der Waals surface area contributed by atoms with Gasteiger partial charge in [0.05, 0.1) is 17.6 Å². The molecule has 1 heterocycles. The largest absolute Gasteiger partial charge is 0.397 e. The Kier molecular flexibility index (Phi) is 2.42. The maximum Gasteiger partial charge on any atom is 0.0735 e. The summed E-state index contributed by atoms with van der Waals surface area (Å²) in [6, 6.07) is 10.2. The molecule has 0 amide bonds. The first-order valence-corrected chi connectivity index (χ1v) is 4.96. The Bertz CT molecular complexity index is 490. The van der Waals surface area contributed by atoms with E-state index < -0.39 is 0 Å². The van der Waals surface area contributed by atoms with Gasteiger partial charge in [-0.3, -0.25) is 4.98 Å². The molecular formula is C13H14N2. The summed E-state index contributed by atoms with van der Waals surface area (Å²) in [5.41, 5.74) is 10.9. The maximum atomic E-state index is 5.68. The van der Waals surface area contributed by atoms with Crippen LogP contribution in [0.1, 0.15) is 11.1 Å². The van der Waals surface area contributed by atoms with Gasteiger partial charge in [-0.15, -0.1) is 0 Å². The average Bonchev–Trinajstić information content (AvgIpc) is 2.20. The summed E-state index contributed by atoms with van der Waals surface area (Å²) < 4.78 is 0. The zero-order chi connectivity index (χ0) is 10.8. The van der Waals surface area contributed by atoms with Crippen LogP contribution < -0.4 is 5.73 Å². The van der Waals surface area contributed by atoms with Crippen molar-refractivity contribution in [1.29, 1.82) is 0 Å². The van der Waals surface area contributed by atoms with E-state index in [2.05, 4.69) is 24.0 Å². The van der Waals surface area contributed by atoms with Gasteiger partial charge in [0.25, 0.3) is 0 Å². The summed E-state index contributed by atoms with van der Waals surface area (Å²) >= 11 is 0. The third-order valence-corrected chi connectivity index (χ3v) is 2.50. The molecule has 0 atom stereocenters. The monoisotopic (exact) mass is 198 g/mol. The molecule has 0 spiro atoms. The first kappa shape index (κ1) is 9.71. The van der Waals surface area contributed by atoms with Crippen molar-refractivity contribution in [3.8, 4) is 11.3 Å². The molecular weight excluding hydrogens is 184 g/mol. The van der Waals surface area contributed by atoms with E-state index in [9.17, 15) is 0 Å². The number of rotatable bonds is 1. The predicted octanol–water partition coefficient (Wildman–Crippen LogP) is 2.95. The number of hydrogen-bond donors (Lipinski definition) is 1. The Morgan fingerprint density at radius 3 is 2.47 bits per heavy atom. The molecule has 0 saturated heterocycles. The quantitative estimate of drug-likeness (QED) is 0.765. The molecule has 2 heteroatoms. The maximum absolute atomic E-state index is 5.68. The molecule has 0 unspecified atom stereocenters. The van der Waals surface area contributed by atoms with Gasteiger partial charge in [-0.1, -0.05) is 24.3 Å². The number of nitrogens with zero attached hydrogens (tertiary/aromatic N) is 1. The van der Waals surface area contributed by atoms with E-state index in [1.54, 1.807) is 6.20 Å². The van der Waals surface area contributed by atoms with E-state index in [4.69, 9.17) is 5.73 Å². The van der Waals surface area contributed by atoms with Gasteiger partial charge in [0.15, 0.2) is 0 Å². The second-order valence-corrected chi connectivity index (χ2v) is 3.75. The highest BCUT2D eigenvalue weighted by molar-refractivity contribution is 5.67. The van der Waals surface area contributed by atoms with Crippen LogP contribution in [0.25, 0.3) is 11.3 Å². The van der Waals surface area contributed by atoms with E-state index in [1.807, 2.05) is 25.1 Å². The molecule has 15 heavy (non-hydrogen) atoms. The van der Waals surface area contributed by atoms with Crippen molar-refractivity contribution in [2.75, 3.05) is 5.73 Å². The van der Waals surface area contributed by atoms with Crippen LogP contribution in [0.15, 0.2) is 36.5 Å². The molecule has 0 fully saturated rings. The Morgan fingerprint density at radius 1 is 1.07 bits per heavy atom. The van der Waals surface area contributed by atoms with Gasteiger partial charge in [0.1, 0.15) is 0 Å². The van der Waals surface area contributed by atoms with Crippen LogP contribution in [0.4, 0.5) is 5.69 Å². The van der Waals surface area contributed by atoms with Gasteiger partial charge in [-0.05, 0) is 31.0 Å². The number of benzene rings is 1. The van der Waals surface area contributed by atoms with E-state index in [0.29, 0.717) is 5.69 Å². The van der Waals surface area contributed by atoms with Crippen LogP contribution in [0.3, 0.4) is 0 Å². The summed E-state index contributed by atoms with van der Waals surface area (Å²) in [7, 11) is 0. The van der Waals surface area contributed by atoms with Crippen LogP contribution in [-0.2, 0) is 0 Å². The highest BCUT2D eigenvalue weighted by Crippen LogP contribution is 2.24. The first-order chi connectivity index (χ1) is 7.18. The van der Waals surface area contributed by atoms with Crippen molar-refractivity contribution in [3.05, 3.63) is 47.7 Å². The number of aromatic nitrogens is 1. The first-order valence-electron chi connectivity index (χ1n) is 4.96. The highest BCUT2D eigenvalue weighted by atomic mass is 14.7. The molecule has 0 radical (unpaired) electrons.